The van der Waals surface area contributed by atoms with Gasteiger partial charge in [0.25, 0.3) is 5.91 Å². The molecule has 0 saturated heterocycles. The number of carbonyl (C=O) groups is 1. The Bertz CT molecular complexity index is 942. The second kappa shape index (κ2) is 11.6. The first kappa shape index (κ1) is 23.0. The second-order valence-corrected chi connectivity index (χ2v) is 7.10. The molecule has 0 aliphatic heterocycles. The van der Waals surface area contributed by atoms with Gasteiger partial charge in [-0.25, -0.2) is 4.40 Å². The van der Waals surface area contributed by atoms with Crippen LogP contribution in [0.5, 0.6) is 11.5 Å². The lowest BCUT2D eigenvalue weighted by atomic mass is 10.1. The largest absolute Gasteiger partial charge is 0.493 e. The fourth-order valence-corrected chi connectivity index (χ4v) is 3.14. The molecule has 0 bridgehead atoms. The van der Waals surface area contributed by atoms with Crippen LogP contribution in [0.3, 0.4) is 0 Å². The molecule has 152 valence electrons. The number of amides is 1. The maximum Gasteiger partial charge on any atom is 0.271 e. The molecule has 1 amide bonds. The van der Waals surface area contributed by atoms with Crippen molar-refractivity contribution in [3.05, 3.63) is 57.6 Å². The molecular formula is C21H20Cl2N2O3S. The van der Waals surface area contributed by atoms with E-state index >= 15 is 0 Å². The highest BCUT2D eigenvalue weighted by atomic mass is 35.5. The molecule has 2 rings (SSSR count). The summed E-state index contributed by atoms with van der Waals surface area (Å²) >= 11 is 13.2. The maximum atomic E-state index is 12.6. The fraction of sp³-hybridized carbons (Fsp3) is 0.238. The Labute approximate surface area is 184 Å². The number of nitrogens with one attached hydrogen (secondary N) is 1. The number of benzene rings is 2. The van der Waals surface area contributed by atoms with E-state index in [0.29, 0.717) is 40.1 Å². The molecule has 0 aliphatic carbocycles. The third-order valence-corrected chi connectivity index (χ3v) is 4.93. The smallest absolute Gasteiger partial charge is 0.271 e. The van der Waals surface area contributed by atoms with E-state index in [2.05, 4.69) is 15.6 Å². The van der Waals surface area contributed by atoms with Crippen LogP contribution in [0.4, 0.5) is 0 Å². The van der Waals surface area contributed by atoms with E-state index in [-0.39, 0.29) is 18.2 Å². The number of methoxy groups -OCH3 is 1. The third-order valence-electron chi connectivity index (χ3n) is 3.83. The summed E-state index contributed by atoms with van der Waals surface area (Å²) in [5.74, 6) is 3.29. The first-order valence-electron chi connectivity index (χ1n) is 8.58. The van der Waals surface area contributed by atoms with Crippen LogP contribution in [0.25, 0.3) is 0 Å². The van der Waals surface area contributed by atoms with Gasteiger partial charge in [0.1, 0.15) is 12.3 Å². The van der Waals surface area contributed by atoms with Gasteiger partial charge in [0.2, 0.25) is 0 Å². The van der Waals surface area contributed by atoms with Crippen molar-refractivity contribution in [2.75, 3.05) is 26.5 Å². The quantitative estimate of drug-likeness (QED) is 0.348. The minimum atomic E-state index is -0.293. The molecule has 0 spiro atoms. The predicted octanol–water partition coefficient (Wildman–Crippen LogP) is 4.44. The molecule has 0 fully saturated rings. The number of halogens is 2. The van der Waals surface area contributed by atoms with Gasteiger partial charge in [-0.05, 0) is 48.2 Å². The minimum Gasteiger partial charge on any atom is -0.493 e. The average Bonchev–Trinajstić information content (AvgIpc) is 2.72. The van der Waals surface area contributed by atoms with Gasteiger partial charge in [-0.3, -0.25) is 4.79 Å². The molecule has 0 unspecified atom stereocenters. The number of hydrogen-bond donors (Lipinski definition) is 1. The van der Waals surface area contributed by atoms with Crippen molar-refractivity contribution in [3.63, 3.8) is 0 Å². The lowest BCUT2D eigenvalue weighted by Gasteiger charge is -2.12. The topological polar surface area (TPSA) is 59.9 Å². The van der Waals surface area contributed by atoms with Gasteiger partial charge in [0.15, 0.2) is 11.5 Å². The Morgan fingerprint density at radius 3 is 2.66 bits per heavy atom. The Kier molecular flexibility index (Phi) is 9.20. The van der Waals surface area contributed by atoms with Crippen LogP contribution < -0.4 is 14.8 Å². The third kappa shape index (κ3) is 6.60. The summed E-state index contributed by atoms with van der Waals surface area (Å²) in [4.78, 5) is 12.6. The van der Waals surface area contributed by atoms with Gasteiger partial charge in [0.05, 0.1) is 17.2 Å². The van der Waals surface area contributed by atoms with Crippen LogP contribution in [0, 0.1) is 12.3 Å². The molecule has 8 heteroatoms. The van der Waals surface area contributed by atoms with E-state index < -0.39 is 0 Å². The molecule has 0 saturated carbocycles. The van der Waals surface area contributed by atoms with E-state index in [4.69, 9.17) is 39.1 Å². The van der Waals surface area contributed by atoms with Crippen LogP contribution in [0.15, 0.2) is 40.8 Å². The summed E-state index contributed by atoms with van der Waals surface area (Å²) in [5.41, 5.74) is 1.86. The summed E-state index contributed by atoms with van der Waals surface area (Å²) in [6.45, 7) is 0.583. The Hall–Kier alpha value is -2.33. The van der Waals surface area contributed by atoms with E-state index in [9.17, 15) is 4.79 Å². The molecule has 2 aromatic carbocycles. The van der Waals surface area contributed by atoms with Gasteiger partial charge in [-0.15, -0.1) is 6.42 Å². The van der Waals surface area contributed by atoms with E-state index in [1.165, 1.54) is 11.9 Å². The Balaban J connectivity index is 2.02. The maximum absolute atomic E-state index is 12.6. The van der Waals surface area contributed by atoms with Crippen LogP contribution in [-0.4, -0.2) is 38.1 Å². The second-order valence-electron chi connectivity index (χ2n) is 5.74. The van der Waals surface area contributed by atoms with E-state index in [1.807, 2.05) is 12.1 Å². The number of ether oxygens (including phenoxy) is 2. The van der Waals surface area contributed by atoms with Gasteiger partial charge in [-0.2, -0.15) is 0 Å². The minimum absolute atomic E-state index is 0.165. The van der Waals surface area contributed by atoms with Crippen LogP contribution >= 0.6 is 35.1 Å². The lowest BCUT2D eigenvalue weighted by molar-refractivity contribution is -0.114. The number of carbonyl (C=O) groups excluding carboxylic acids is 1. The SMILES string of the molecule is C#CCOc1ccc(CCNC(=O)C(=NSC)c2ccc(Cl)c(Cl)c2)cc1OC. The molecule has 2 aromatic rings. The molecule has 0 atom stereocenters. The van der Waals surface area contributed by atoms with Gasteiger partial charge < -0.3 is 14.8 Å². The van der Waals surface area contributed by atoms with Gasteiger partial charge >= 0.3 is 0 Å². The number of nitrogens with zero attached hydrogens (tertiary/aromatic N) is 1. The summed E-state index contributed by atoms with van der Waals surface area (Å²) in [5, 5.41) is 3.66. The van der Waals surface area contributed by atoms with Crippen molar-refractivity contribution >= 4 is 46.8 Å². The van der Waals surface area contributed by atoms with Crippen molar-refractivity contribution in [3.8, 4) is 23.8 Å². The molecule has 29 heavy (non-hydrogen) atoms. The molecular weight excluding hydrogens is 431 g/mol. The van der Waals surface area contributed by atoms with Gasteiger partial charge in [0, 0.05) is 18.4 Å². The van der Waals surface area contributed by atoms with Crippen LogP contribution in [-0.2, 0) is 11.2 Å². The van der Waals surface area contributed by atoms with Crippen molar-refractivity contribution in [2.24, 2.45) is 4.40 Å². The average molecular weight is 451 g/mol. The zero-order valence-corrected chi connectivity index (χ0v) is 18.3. The summed E-state index contributed by atoms with van der Waals surface area (Å²) in [6.07, 6.45) is 7.60. The monoisotopic (exact) mass is 450 g/mol. The summed E-state index contributed by atoms with van der Waals surface area (Å²) in [7, 11) is 1.56. The molecule has 5 nitrogen and oxygen atoms in total. The number of rotatable bonds is 9. The first-order chi connectivity index (χ1) is 14.0. The molecule has 0 aromatic heterocycles. The normalized spacial score (nSPS) is 10.9. The fourth-order valence-electron chi connectivity index (χ4n) is 2.47. The van der Waals surface area contributed by atoms with Crippen molar-refractivity contribution in [2.45, 2.75) is 6.42 Å². The zero-order chi connectivity index (χ0) is 21.2. The van der Waals surface area contributed by atoms with Crippen LogP contribution in [0.1, 0.15) is 11.1 Å². The highest BCUT2D eigenvalue weighted by Crippen LogP contribution is 2.28. The molecule has 1 N–H and O–H groups in total. The predicted molar refractivity (Wildman–Crippen MR) is 121 cm³/mol. The highest BCUT2D eigenvalue weighted by molar-refractivity contribution is 7.97. The Morgan fingerprint density at radius 2 is 2.00 bits per heavy atom. The number of terminal acetylenes is 1. The molecule has 0 aliphatic rings. The molecule has 0 radical (unpaired) electrons. The van der Waals surface area contributed by atoms with Crippen molar-refractivity contribution < 1.29 is 14.3 Å². The first-order valence-corrected chi connectivity index (χ1v) is 10.5. The zero-order valence-electron chi connectivity index (χ0n) is 16.0. The number of hydrogen-bond acceptors (Lipinski definition) is 5. The lowest BCUT2D eigenvalue weighted by Crippen LogP contribution is -2.33. The van der Waals surface area contributed by atoms with Crippen molar-refractivity contribution in [1.82, 2.24) is 5.32 Å². The van der Waals surface area contributed by atoms with E-state index in [1.54, 1.807) is 37.6 Å². The van der Waals surface area contributed by atoms with Crippen molar-refractivity contribution in [1.29, 1.82) is 0 Å². The Morgan fingerprint density at radius 1 is 1.21 bits per heavy atom. The molecule has 0 heterocycles. The highest BCUT2D eigenvalue weighted by Gasteiger charge is 2.15. The van der Waals surface area contributed by atoms with Gasteiger partial charge in [-0.1, -0.05) is 41.3 Å². The summed E-state index contributed by atoms with van der Waals surface area (Å²) < 4.78 is 15.0. The standard InChI is InChI=1S/C21H20Cl2N2O3S/c1-4-11-28-18-8-5-14(12-19(18)27-2)9-10-24-21(26)20(25-29-3)15-6-7-16(22)17(23)13-15/h1,5-8,12-13H,9-11H2,2-3H3,(H,24,26). The van der Waals surface area contributed by atoms with E-state index in [0.717, 1.165) is 5.56 Å². The summed E-state index contributed by atoms with van der Waals surface area (Å²) in [6, 6.07) is 10.5. The van der Waals surface area contributed by atoms with Crippen LogP contribution in [0.2, 0.25) is 10.0 Å².